The quantitative estimate of drug-likeness (QED) is 0.0403. The van der Waals surface area contributed by atoms with Crippen LogP contribution in [0.3, 0.4) is 0 Å². The predicted molar refractivity (Wildman–Crippen MR) is 183 cm³/mol. The standard InChI is InChI=1S/C32H68O7P2.Al.3H/c1-3-5-7-9-11-13-15-17-19-21-23-25-27-29-31-37-41(36,39-40(33,34)35)38-32-30-28-26-24-22-20-18-16-14-12-10-8-6-4-2;;;;/h3-32H2,1-2H3,(H2,33,34,35);;;;. The molecule has 0 amide bonds. The van der Waals surface area contributed by atoms with Crippen LogP contribution in [0, 0.1) is 0 Å². The van der Waals surface area contributed by atoms with Gasteiger partial charge in [-0.1, -0.05) is 181 Å². The summed E-state index contributed by atoms with van der Waals surface area (Å²) in [5.74, 6) is 0. The Labute approximate surface area is 271 Å². The monoisotopic (exact) mass is 656 g/mol. The predicted octanol–water partition coefficient (Wildman–Crippen LogP) is 11.0. The minimum Gasteiger partial charge on any atom is -0.302 e. The molecular weight excluding hydrogens is 585 g/mol. The van der Waals surface area contributed by atoms with E-state index in [0.29, 0.717) is 12.8 Å². The molecule has 254 valence electrons. The summed E-state index contributed by atoms with van der Waals surface area (Å²) in [5, 5.41) is 0. The zero-order chi connectivity index (χ0) is 30.3. The van der Waals surface area contributed by atoms with Crippen molar-refractivity contribution < 1.29 is 32.3 Å². The van der Waals surface area contributed by atoms with E-state index in [2.05, 4.69) is 18.2 Å². The van der Waals surface area contributed by atoms with Crippen molar-refractivity contribution in [1.29, 1.82) is 0 Å². The van der Waals surface area contributed by atoms with Gasteiger partial charge in [0.2, 0.25) is 0 Å². The highest BCUT2D eigenvalue weighted by molar-refractivity contribution is 7.61. The van der Waals surface area contributed by atoms with Crippen molar-refractivity contribution in [3.8, 4) is 0 Å². The normalized spacial score (nSPS) is 12.1. The van der Waals surface area contributed by atoms with Crippen molar-refractivity contribution in [1.82, 2.24) is 0 Å². The van der Waals surface area contributed by atoms with Gasteiger partial charge in [-0.15, -0.1) is 0 Å². The van der Waals surface area contributed by atoms with Crippen molar-refractivity contribution >= 4 is 33.0 Å². The van der Waals surface area contributed by atoms with E-state index in [1.165, 1.54) is 141 Å². The van der Waals surface area contributed by atoms with Gasteiger partial charge < -0.3 is 9.79 Å². The summed E-state index contributed by atoms with van der Waals surface area (Å²) in [6.07, 6.45) is 34.3. The van der Waals surface area contributed by atoms with Crippen LogP contribution in [0.25, 0.3) is 0 Å². The summed E-state index contributed by atoms with van der Waals surface area (Å²) in [4.78, 5) is 18.3. The average Bonchev–Trinajstić information content (AvgIpc) is 2.92. The Balaban J connectivity index is 0. The Kier molecular flexibility index (Phi) is 35.5. The summed E-state index contributed by atoms with van der Waals surface area (Å²) in [6, 6.07) is 0. The number of unbranched alkanes of at least 4 members (excludes halogenated alkanes) is 26. The smallest absolute Gasteiger partial charge is 0.302 e. The Morgan fingerprint density at radius 1 is 0.405 bits per heavy atom. The van der Waals surface area contributed by atoms with E-state index >= 15 is 0 Å². The van der Waals surface area contributed by atoms with Crippen LogP contribution in [0.1, 0.15) is 194 Å². The van der Waals surface area contributed by atoms with Gasteiger partial charge in [-0.3, -0.25) is 9.05 Å². The SMILES string of the molecule is CCCCCCCCCCCCCCCCOP(=O)(OCCCCCCCCCCCCCCCC)OP(=O)(O)O.[AlH3]. The van der Waals surface area contributed by atoms with Crippen LogP contribution in [0.4, 0.5) is 0 Å². The maximum Gasteiger partial charge on any atom is 0.483 e. The highest BCUT2D eigenvalue weighted by Gasteiger charge is 2.35. The topological polar surface area (TPSA) is 102 Å². The third-order valence-corrected chi connectivity index (χ3v) is 10.3. The fraction of sp³-hybridized carbons (Fsp3) is 1.00. The molecule has 0 unspecified atom stereocenters. The summed E-state index contributed by atoms with van der Waals surface area (Å²) in [7, 11) is -9.26. The molecule has 0 spiro atoms. The first-order chi connectivity index (χ1) is 19.8. The summed E-state index contributed by atoms with van der Waals surface area (Å²) in [6.45, 7) is 4.72. The van der Waals surface area contributed by atoms with Gasteiger partial charge in [-0.25, -0.2) is 9.13 Å². The molecule has 0 aromatic carbocycles. The van der Waals surface area contributed by atoms with Crippen LogP contribution in [0.2, 0.25) is 0 Å². The molecule has 0 fully saturated rings. The van der Waals surface area contributed by atoms with Gasteiger partial charge in [0.1, 0.15) is 0 Å². The number of hydrogen-bond acceptors (Lipinski definition) is 5. The van der Waals surface area contributed by atoms with Crippen LogP contribution >= 0.6 is 15.6 Å². The van der Waals surface area contributed by atoms with Gasteiger partial charge in [-0.05, 0) is 12.8 Å². The van der Waals surface area contributed by atoms with Gasteiger partial charge in [0, 0.05) is 0 Å². The minimum atomic E-state index is -4.98. The lowest BCUT2D eigenvalue weighted by molar-refractivity contribution is 0.136. The molecule has 0 aliphatic carbocycles. The minimum absolute atomic E-state index is 0. The fourth-order valence-corrected chi connectivity index (χ4v) is 7.36. The molecule has 0 aromatic heterocycles. The third-order valence-electron chi connectivity index (χ3n) is 7.70. The summed E-state index contributed by atoms with van der Waals surface area (Å²) in [5.41, 5.74) is 0. The molecule has 0 aliphatic heterocycles. The molecule has 2 N–H and O–H groups in total. The maximum atomic E-state index is 12.7. The van der Waals surface area contributed by atoms with Crippen LogP contribution in [-0.2, 0) is 22.5 Å². The van der Waals surface area contributed by atoms with Gasteiger partial charge >= 0.3 is 15.6 Å². The molecule has 42 heavy (non-hydrogen) atoms. The maximum absolute atomic E-state index is 12.7. The Morgan fingerprint density at radius 2 is 0.619 bits per heavy atom. The van der Waals surface area contributed by atoms with Gasteiger partial charge in [-0.2, -0.15) is 4.31 Å². The lowest BCUT2D eigenvalue weighted by Crippen LogP contribution is -2.02. The molecule has 10 heteroatoms. The van der Waals surface area contributed by atoms with E-state index in [9.17, 15) is 9.13 Å². The molecule has 0 atom stereocenters. The Morgan fingerprint density at radius 3 is 0.833 bits per heavy atom. The van der Waals surface area contributed by atoms with Crippen LogP contribution in [-0.4, -0.2) is 40.4 Å². The number of hydrogen-bond donors (Lipinski definition) is 2. The Hall–Kier alpha value is 0.792. The lowest BCUT2D eigenvalue weighted by Gasteiger charge is -2.18. The van der Waals surface area contributed by atoms with E-state index in [4.69, 9.17) is 18.8 Å². The van der Waals surface area contributed by atoms with Crippen LogP contribution in [0.15, 0.2) is 0 Å². The van der Waals surface area contributed by atoms with E-state index < -0.39 is 15.6 Å². The van der Waals surface area contributed by atoms with Crippen LogP contribution < -0.4 is 0 Å². The Bertz CT molecular complexity index is 596. The molecule has 7 nitrogen and oxygen atoms in total. The molecule has 0 bridgehead atoms. The van der Waals surface area contributed by atoms with E-state index in [1.54, 1.807) is 0 Å². The fourth-order valence-electron chi connectivity index (χ4n) is 5.16. The molecular formula is C32H71AlO7P2. The van der Waals surface area contributed by atoms with Crippen molar-refractivity contribution in [2.75, 3.05) is 13.2 Å². The molecule has 0 radical (unpaired) electrons. The first kappa shape index (κ1) is 44.9. The molecule has 0 heterocycles. The second-order valence-corrected chi connectivity index (χ2v) is 14.9. The highest BCUT2D eigenvalue weighted by atomic mass is 31.3. The second kappa shape index (κ2) is 33.2. The number of phosphoric acid groups is 2. The van der Waals surface area contributed by atoms with Gasteiger partial charge in [0.25, 0.3) is 0 Å². The van der Waals surface area contributed by atoms with Gasteiger partial charge in [0.15, 0.2) is 17.4 Å². The zero-order valence-electron chi connectivity index (χ0n) is 27.0. The summed E-state index contributed by atoms with van der Waals surface area (Å²) >= 11 is 0. The van der Waals surface area contributed by atoms with E-state index in [1.807, 2.05) is 0 Å². The van der Waals surface area contributed by atoms with E-state index in [0.717, 1.165) is 25.7 Å². The molecule has 0 rings (SSSR count). The van der Waals surface area contributed by atoms with Crippen molar-refractivity contribution in [3.63, 3.8) is 0 Å². The zero-order valence-corrected chi connectivity index (χ0v) is 28.8. The first-order valence-electron chi connectivity index (χ1n) is 17.5. The average molecular weight is 657 g/mol. The van der Waals surface area contributed by atoms with Crippen molar-refractivity contribution in [2.24, 2.45) is 0 Å². The summed E-state index contributed by atoms with van der Waals surface area (Å²) < 4.78 is 39.0. The van der Waals surface area contributed by atoms with Gasteiger partial charge in [0.05, 0.1) is 13.2 Å². The third kappa shape index (κ3) is 35.3. The number of phosphoric ester groups is 1. The largest absolute Gasteiger partial charge is 0.483 e. The number of rotatable bonds is 34. The molecule has 0 saturated carbocycles. The molecule has 0 aliphatic rings. The highest BCUT2D eigenvalue weighted by Crippen LogP contribution is 2.61. The van der Waals surface area contributed by atoms with E-state index in [-0.39, 0.29) is 30.6 Å². The lowest BCUT2D eigenvalue weighted by atomic mass is 10.0. The second-order valence-electron chi connectivity index (χ2n) is 11.9. The molecule has 0 saturated heterocycles. The van der Waals surface area contributed by atoms with Crippen molar-refractivity contribution in [2.45, 2.75) is 194 Å². The molecule has 0 aromatic rings. The van der Waals surface area contributed by atoms with Crippen molar-refractivity contribution in [3.05, 3.63) is 0 Å². The van der Waals surface area contributed by atoms with Crippen LogP contribution in [0.5, 0.6) is 0 Å². The first-order valence-corrected chi connectivity index (χ1v) is 20.5.